The topological polar surface area (TPSA) is 106 Å². The van der Waals surface area contributed by atoms with E-state index in [9.17, 15) is 14.4 Å². The van der Waals surface area contributed by atoms with Gasteiger partial charge >= 0.3 is 0 Å². The first-order valence-corrected chi connectivity index (χ1v) is 13.7. The highest BCUT2D eigenvalue weighted by atomic mass is 35.5. The number of nitrogens with zero attached hydrogens (tertiary/aromatic N) is 1. The minimum Gasteiger partial charge on any atom is -0.493 e. The summed E-state index contributed by atoms with van der Waals surface area (Å²) in [5.74, 6) is -0.431. The van der Waals surface area contributed by atoms with Gasteiger partial charge in [0.05, 0.1) is 31.7 Å². The smallest absolute Gasteiger partial charge is 0.261 e. The van der Waals surface area contributed by atoms with E-state index in [-0.39, 0.29) is 18.6 Å². The lowest BCUT2D eigenvalue weighted by molar-refractivity contribution is -0.126. The van der Waals surface area contributed by atoms with Crippen LogP contribution in [0.25, 0.3) is 0 Å². The Morgan fingerprint density at radius 1 is 1.08 bits per heavy atom. The highest BCUT2D eigenvalue weighted by Crippen LogP contribution is 2.35. The van der Waals surface area contributed by atoms with Crippen LogP contribution >= 0.6 is 22.9 Å². The Kier molecular flexibility index (Phi) is 9.80. The summed E-state index contributed by atoms with van der Waals surface area (Å²) >= 11 is 7.56. The van der Waals surface area contributed by atoms with Gasteiger partial charge in [-0.15, -0.1) is 11.3 Å². The molecular weight excluding hydrogens is 542 g/mol. The van der Waals surface area contributed by atoms with Crippen molar-refractivity contribution in [1.29, 1.82) is 0 Å². The number of halogens is 1. The van der Waals surface area contributed by atoms with Crippen molar-refractivity contribution in [2.75, 3.05) is 38.8 Å². The molecule has 3 aromatic rings. The molecule has 9 nitrogen and oxygen atoms in total. The number of anilines is 1. The Morgan fingerprint density at radius 3 is 2.56 bits per heavy atom. The number of rotatable bonds is 11. The molecule has 0 spiro atoms. The van der Waals surface area contributed by atoms with Crippen molar-refractivity contribution in [3.63, 3.8) is 0 Å². The Morgan fingerprint density at radius 2 is 1.90 bits per heavy atom. The van der Waals surface area contributed by atoms with Gasteiger partial charge in [0, 0.05) is 23.9 Å². The maximum Gasteiger partial charge on any atom is 0.261 e. The Hall–Kier alpha value is -3.60. The first kappa shape index (κ1) is 28.4. The largest absolute Gasteiger partial charge is 0.493 e. The molecule has 2 atom stereocenters. The SMILES string of the molecule is COc1ccc(C(C(=O)NCC2CCCO2)N(C(=O)CNC(=O)c2cccs2)c2cccc(Cl)c2)cc1OC. The fourth-order valence-corrected chi connectivity index (χ4v) is 5.18. The van der Waals surface area contributed by atoms with E-state index in [2.05, 4.69) is 10.6 Å². The van der Waals surface area contributed by atoms with Gasteiger partial charge in [0.1, 0.15) is 6.04 Å². The molecule has 0 radical (unpaired) electrons. The number of methoxy groups -OCH3 is 2. The Balaban J connectivity index is 1.71. The van der Waals surface area contributed by atoms with Gasteiger partial charge in [-0.05, 0) is 60.2 Å². The lowest BCUT2D eigenvalue weighted by Gasteiger charge is -2.32. The van der Waals surface area contributed by atoms with E-state index < -0.39 is 17.9 Å². The number of carbonyl (C=O) groups excluding carboxylic acids is 3. The molecule has 3 amide bonds. The molecule has 0 bridgehead atoms. The van der Waals surface area contributed by atoms with Crippen molar-refractivity contribution >= 4 is 46.3 Å². The van der Waals surface area contributed by atoms with E-state index in [1.165, 1.54) is 30.5 Å². The fourth-order valence-electron chi connectivity index (χ4n) is 4.36. The number of nitrogens with one attached hydrogen (secondary N) is 2. The maximum absolute atomic E-state index is 13.8. The van der Waals surface area contributed by atoms with Crippen LogP contribution in [0.5, 0.6) is 11.5 Å². The second-order valence-corrected chi connectivity index (χ2v) is 10.2. The third-order valence-corrected chi connectivity index (χ3v) is 7.36. The first-order chi connectivity index (χ1) is 18.9. The molecule has 0 aliphatic carbocycles. The van der Waals surface area contributed by atoms with Gasteiger partial charge < -0.3 is 24.8 Å². The predicted molar refractivity (Wildman–Crippen MR) is 150 cm³/mol. The van der Waals surface area contributed by atoms with Crippen LogP contribution in [0.4, 0.5) is 5.69 Å². The van der Waals surface area contributed by atoms with E-state index in [1.54, 1.807) is 60.0 Å². The van der Waals surface area contributed by atoms with Gasteiger partial charge in [-0.2, -0.15) is 0 Å². The number of hydrogen-bond acceptors (Lipinski definition) is 7. The molecule has 1 saturated heterocycles. The quantitative estimate of drug-likeness (QED) is 0.357. The summed E-state index contributed by atoms with van der Waals surface area (Å²) in [4.78, 5) is 42.0. The van der Waals surface area contributed by atoms with Gasteiger partial charge in [-0.25, -0.2) is 0 Å². The third-order valence-electron chi connectivity index (χ3n) is 6.26. The summed E-state index contributed by atoms with van der Waals surface area (Å²) < 4.78 is 16.5. The molecule has 4 rings (SSSR count). The van der Waals surface area contributed by atoms with Gasteiger partial charge in [0.15, 0.2) is 11.5 Å². The van der Waals surface area contributed by atoms with Crippen LogP contribution in [0.15, 0.2) is 60.0 Å². The van der Waals surface area contributed by atoms with E-state index >= 15 is 0 Å². The van der Waals surface area contributed by atoms with Crippen molar-refractivity contribution < 1.29 is 28.6 Å². The highest BCUT2D eigenvalue weighted by Gasteiger charge is 2.34. The fraction of sp³-hybridized carbons (Fsp3) is 0.321. The molecule has 39 heavy (non-hydrogen) atoms. The molecule has 2 unspecified atom stereocenters. The molecule has 2 heterocycles. The van der Waals surface area contributed by atoms with E-state index in [1.807, 2.05) is 0 Å². The van der Waals surface area contributed by atoms with Crippen molar-refractivity contribution in [1.82, 2.24) is 10.6 Å². The molecule has 1 aliphatic heterocycles. The summed E-state index contributed by atoms with van der Waals surface area (Å²) in [7, 11) is 3.01. The average Bonchev–Trinajstić information content (AvgIpc) is 3.68. The van der Waals surface area contributed by atoms with Gasteiger partial charge in [0.25, 0.3) is 5.91 Å². The number of benzene rings is 2. The van der Waals surface area contributed by atoms with Crippen LogP contribution in [0.1, 0.15) is 34.1 Å². The molecule has 206 valence electrons. The third kappa shape index (κ3) is 7.08. The van der Waals surface area contributed by atoms with Crippen molar-refractivity contribution in [2.24, 2.45) is 0 Å². The van der Waals surface area contributed by atoms with E-state index in [0.29, 0.717) is 45.8 Å². The summed E-state index contributed by atoms with van der Waals surface area (Å²) in [5.41, 5.74) is 0.875. The van der Waals surface area contributed by atoms with E-state index in [4.69, 9.17) is 25.8 Å². The Labute approximate surface area is 236 Å². The molecular formula is C28H30ClN3O6S. The average molecular weight is 572 g/mol. The monoisotopic (exact) mass is 571 g/mol. The number of carbonyl (C=O) groups is 3. The zero-order chi connectivity index (χ0) is 27.8. The minimum atomic E-state index is -1.11. The van der Waals surface area contributed by atoms with Crippen molar-refractivity contribution in [2.45, 2.75) is 25.0 Å². The summed E-state index contributed by atoms with van der Waals surface area (Å²) in [6, 6.07) is 14.0. The van der Waals surface area contributed by atoms with E-state index in [0.717, 1.165) is 12.8 Å². The van der Waals surface area contributed by atoms with Gasteiger partial charge in [-0.1, -0.05) is 29.8 Å². The number of amides is 3. The van der Waals surface area contributed by atoms with Crippen LogP contribution in [-0.2, 0) is 14.3 Å². The molecule has 11 heteroatoms. The normalized spacial score (nSPS) is 15.3. The number of hydrogen-bond donors (Lipinski definition) is 2. The molecule has 1 fully saturated rings. The predicted octanol–water partition coefficient (Wildman–Crippen LogP) is 4.22. The summed E-state index contributed by atoms with van der Waals surface area (Å²) in [5, 5.41) is 7.78. The van der Waals surface area contributed by atoms with Gasteiger partial charge in [0.2, 0.25) is 11.8 Å². The second kappa shape index (κ2) is 13.5. The molecule has 2 aromatic carbocycles. The molecule has 0 saturated carbocycles. The Bertz CT molecular complexity index is 1300. The summed E-state index contributed by atoms with van der Waals surface area (Å²) in [6.07, 6.45) is 1.67. The first-order valence-electron chi connectivity index (χ1n) is 12.4. The molecule has 1 aromatic heterocycles. The van der Waals surface area contributed by atoms with Crippen LogP contribution in [0.3, 0.4) is 0 Å². The molecule has 1 aliphatic rings. The zero-order valence-corrected chi connectivity index (χ0v) is 23.2. The zero-order valence-electron chi connectivity index (χ0n) is 21.6. The van der Waals surface area contributed by atoms with Crippen molar-refractivity contribution in [3.8, 4) is 11.5 Å². The second-order valence-electron chi connectivity index (χ2n) is 8.80. The van der Waals surface area contributed by atoms with Crippen LogP contribution in [-0.4, -0.2) is 57.7 Å². The van der Waals surface area contributed by atoms with Crippen LogP contribution in [0, 0.1) is 0 Å². The summed E-state index contributed by atoms with van der Waals surface area (Å²) in [6.45, 7) is 0.609. The standard InChI is InChI=1S/C28H30ClN3O6S/c1-36-22-11-10-18(14-23(22)37-2)26(28(35)30-16-21-8-4-12-38-21)32(20-7-3-6-19(29)15-20)25(33)17-31-27(34)24-9-5-13-39-24/h3,5-7,9-11,13-15,21,26H,4,8,12,16-17H2,1-2H3,(H,30,35)(H,31,34). The van der Waals surface area contributed by atoms with Gasteiger partial charge in [-0.3, -0.25) is 19.3 Å². The lowest BCUT2D eigenvalue weighted by Crippen LogP contribution is -2.48. The van der Waals surface area contributed by atoms with Crippen LogP contribution < -0.4 is 25.0 Å². The van der Waals surface area contributed by atoms with Crippen molar-refractivity contribution in [3.05, 3.63) is 75.4 Å². The molecule has 2 N–H and O–H groups in total. The maximum atomic E-state index is 13.8. The minimum absolute atomic E-state index is 0.0968. The van der Waals surface area contributed by atoms with Crippen LogP contribution in [0.2, 0.25) is 5.02 Å². The highest BCUT2D eigenvalue weighted by molar-refractivity contribution is 7.12. The number of ether oxygens (including phenoxy) is 3. The number of thiophene rings is 1. The lowest BCUT2D eigenvalue weighted by atomic mass is 10.0.